The van der Waals surface area contributed by atoms with Gasteiger partial charge in [0.05, 0.1) is 18.6 Å². The number of ether oxygens (including phenoxy) is 2. The maximum Gasteiger partial charge on any atom is 0.350 e. The summed E-state index contributed by atoms with van der Waals surface area (Å²) in [5, 5.41) is 0.813. The number of carbonyl (C=O) groups is 2. The molecule has 0 N–H and O–H groups in total. The lowest BCUT2D eigenvalue weighted by Crippen LogP contribution is -2.28. The van der Waals surface area contributed by atoms with Crippen LogP contribution in [0.1, 0.15) is 28.4 Å². The van der Waals surface area contributed by atoms with Crippen LogP contribution in [0, 0.1) is 6.92 Å². The van der Waals surface area contributed by atoms with Crippen LogP contribution in [0.15, 0.2) is 29.1 Å². The van der Waals surface area contributed by atoms with E-state index in [1.165, 1.54) is 4.57 Å². The highest BCUT2D eigenvalue weighted by Gasteiger charge is 2.24. The van der Waals surface area contributed by atoms with E-state index in [-0.39, 0.29) is 36.0 Å². The molecule has 3 rings (SSSR count). The van der Waals surface area contributed by atoms with E-state index in [2.05, 4.69) is 4.98 Å². The van der Waals surface area contributed by atoms with Crippen molar-refractivity contribution in [1.29, 1.82) is 0 Å². The van der Waals surface area contributed by atoms with Crippen molar-refractivity contribution >= 4 is 45.8 Å². The zero-order valence-corrected chi connectivity index (χ0v) is 17.7. The maximum absolute atomic E-state index is 13.3. The maximum atomic E-state index is 13.3. The molecule has 3 aromatic rings. The quantitative estimate of drug-likeness (QED) is 0.548. The van der Waals surface area contributed by atoms with Crippen molar-refractivity contribution in [3.63, 3.8) is 0 Å². The Kier molecular flexibility index (Phi) is 6.34. The van der Waals surface area contributed by atoms with Crippen molar-refractivity contribution in [3.05, 3.63) is 49.4 Å². The smallest absolute Gasteiger partial charge is 0.350 e. The van der Waals surface area contributed by atoms with Crippen LogP contribution in [-0.2, 0) is 20.8 Å². The van der Waals surface area contributed by atoms with Gasteiger partial charge < -0.3 is 9.47 Å². The number of esters is 2. The fraction of sp³-hybridized carbons (Fsp3) is 0.300. The van der Waals surface area contributed by atoms with E-state index in [9.17, 15) is 14.4 Å². The van der Waals surface area contributed by atoms with Crippen LogP contribution in [-0.4, -0.2) is 34.7 Å². The highest BCUT2D eigenvalue weighted by Crippen LogP contribution is 2.30. The third-order valence-electron chi connectivity index (χ3n) is 4.15. The Labute approximate surface area is 175 Å². The van der Waals surface area contributed by atoms with Gasteiger partial charge in [-0.3, -0.25) is 14.2 Å². The van der Waals surface area contributed by atoms with Gasteiger partial charge in [0.25, 0.3) is 5.56 Å². The van der Waals surface area contributed by atoms with E-state index in [1.807, 2.05) is 0 Å². The SMILES string of the molecule is CCOC(=O)Cn1c(-c2ccc(Cl)cc2)nc2c(C(=O)OCC)sc(C)c2c1=O. The molecule has 0 saturated carbocycles. The predicted octanol–water partition coefficient (Wildman–Crippen LogP) is 3.83. The van der Waals surface area contributed by atoms with Gasteiger partial charge in [-0.1, -0.05) is 11.6 Å². The Balaban J connectivity index is 2.30. The van der Waals surface area contributed by atoms with Crippen molar-refractivity contribution < 1.29 is 19.1 Å². The monoisotopic (exact) mass is 434 g/mol. The summed E-state index contributed by atoms with van der Waals surface area (Å²) in [4.78, 5) is 43.3. The largest absolute Gasteiger partial charge is 0.465 e. The molecule has 0 spiro atoms. The first-order chi connectivity index (χ1) is 13.9. The van der Waals surface area contributed by atoms with Crippen LogP contribution in [0.4, 0.5) is 0 Å². The van der Waals surface area contributed by atoms with Crippen molar-refractivity contribution in [2.45, 2.75) is 27.3 Å². The second-order valence-corrected chi connectivity index (χ2v) is 7.73. The zero-order valence-electron chi connectivity index (χ0n) is 16.2. The van der Waals surface area contributed by atoms with Crippen LogP contribution < -0.4 is 5.56 Å². The second kappa shape index (κ2) is 8.75. The van der Waals surface area contributed by atoms with Crippen molar-refractivity contribution in [3.8, 4) is 11.4 Å². The Bertz CT molecular complexity index is 1130. The normalized spacial score (nSPS) is 10.9. The van der Waals surface area contributed by atoms with Gasteiger partial charge in [0, 0.05) is 15.5 Å². The molecular weight excluding hydrogens is 416 g/mol. The lowest BCUT2D eigenvalue weighted by molar-refractivity contribution is -0.143. The summed E-state index contributed by atoms with van der Waals surface area (Å²) in [6, 6.07) is 6.71. The molecular formula is C20H19ClN2O5S. The van der Waals surface area contributed by atoms with Crippen molar-refractivity contribution in [2.24, 2.45) is 0 Å². The molecule has 2 heterocycles. The summed E-state index contributed by atoms with van der Waals surface area (Å²) in [6.45, 7) is 5.24. The molecule has 0 aliphatic carbocycles. The minimum atomic E-state index is -0.551. The zero-order chi connectivity index (χ0) is 21.1. The molecule has 2 aromatic heterocycles. The number of nitrogens with zero attached hydrogens (tertiary/aromatic N) is 2. The fourth-order valence-corrected chi connectivity index (χ4v) is 4.03. The molecule has 29 heavy (non-hydrogen) atoms. The third-order valence-corrected chi connectivity index (χ3v) is 5.47. The van der Waals surface area contributed by atoms with E-state index in [0.29, 0.717) is 20.8 Å². The molecule has 0 unspecified atom stereocenters. The molecule has 9 heteroatoms. The van der Waals surface area contributed by atoms with Crippen LogP contribution in [0.2, 0.25) is 5.02 Å². The molecule has 0 radical (unpaired) electrons. The van der Waals surface area contributed by atoms with Gasteiger partial charge in [-0.2, -0.15) is 0 Å². The van der Waals surface area contributed by atoms with Crippen molar-refractivity contribution in [2.75, 3.05) is 13.2 Å². The van der Waals surface area contributed by atoms with E-state index in [0.717, 1.165) is 11.3 Å². The molecule has 1 aromatic carbocycles. The molecule has 0 aliphatic rings. The number of halogens is 1. The van der Waals surface area contributed by atoms with Crippen LogP contribution in [0.25, 0.3) is 22.3 Å². The average molecular weight is 435 g/mol. The van der Waals surface area contributed by atoms with Crippen LogP contribution >= 0.6 is 22.9 Å². The van der Waals surface area contributed by atoms with Gasteiger partial charge >= 0.3 is 11.9 Å². The summed E-state index contributed by atoms with van der Waals surface area (Å²) in [7, 11) is 0. The molecule has 152 valence electrons. The fourth-order valence-electron chi connectivity index (χ4n) is 2.93. The summed E-state index contributed by atoms with van der Waals surface area (Å²) in [5.74, 6) is -0.840. The van der Waals surface area contributed by atoms with Gasteiger partial charge in [-0.15, -0.1) is 11.3 Å². The second-order valence-electron chi connectivity index (χ2n) is 6.07. The highest BCUT2D eigenvalue weighted by molar-refractivity contribution is 7.15. The lowest BCUT2D eigenvalue weighted by atomic mass is 10.2. The highest BCUT2D eigenvalue weighted by atomic mass is 35.5. The number of fused-ring (bicyclic) bond motifs is 1. The van der Waals surface area contributed by atoms with E-state index in [4.69, 9.17) is 21.1 Å². The number of hydrogen-bond acceptors (Lipinski definition) is 7. The van der Waals surface area contributed by atoms with E-state index < -0.39 is 17.5 Å². The molecule has 0 amide bonds. The summed E-state index contributed by atoms with van der Waals surface area (Å²) < 4.78 is 11.4. The molecule has 7 nitrogen and oxygen atoms in total. The van der Waals surface area contributed by atoms with Crippen LogP contribution in [0.5, 0.6) is 0 Å². The number of benzene rings is 1. The number of aromatic nitrogens is 2. The standard InChI is InChI=1S/C20H19ClN2O5S/c1-4-27-14(24)10-23-18(12-6-8-13(21)9-7-12)22-16-15(19(23)25)11(3)29-17(16)20(26)28-5-2/h6-9H,4-5,10H2,1-3H3. The Morgan fingerprint density at radius 1 is 1.14 bits per heavy atom. The Morgan fingerprint density at radius 3 is 2.41 bits per heavy atom. The molecule has 0 fully saturated rings. The van der Waals surface area contributed by atoms with Gasteiger partial charge in [0.2, 0.25) is 0 Å². The van der Waals surface area contributed by atoms with Crippen molar-refractivity contribution in [1.82, 2.24) is 9.55 Å². The van der Waals surface area contributed by atoms with E-state index in [1.54, 1.807) is 45.0 Å². The topological polar surface area (TPSA) is 87.5 Å². The lowest BCUT2D eigenvalue weighted by Gasteiger charge is -2.13. The average Bonchev–Trinajstić information content (AvgIpc) is 3.02. The number of rotatable bonds is 6. The minimum absolute atomic E-state index is 0.198. The summed E-state index contributed by atoms with van der Waals surface area (Å²) in [5.41, 5.74) is 0.426. The number of hydrogen-bond donors (Lipinski definition) is 0. The van der Waals surface area contributed by atoms with Gasteiger partial charge in [0.1, 0.15) is 22.8 Å². The summed E-state index contributed by atoms with van der Waals surface area (Å²) in [6.07, 6.45) is 0. The molecule has 0 bridgehead atoms. The first-order valence-corrected chi connectivity index (χ1v) is 10.2. The molecule has 0 saturated heterocycles. The van der Waals surface area contributed by atoms with Gasteiger partial charge in [-0.05, 0) is 45.0 Å². The Morgan fingerprint density at radius 2 is 1.79 bits per heavy atom. The number of aryl methyl sites for hydroxylation is 1. The van der Waals surface area contributed by atoms with Gasteiger partial charge in [0.15, 0.2) is 0 Å². The number of thiophene rings is 1. The molecule has 0 aliphatic heterocycles. The van der Waals surface area contributed by atoms with E-state index >= 15 is 0 Å². The van der Waals surface area contributed by atoms with Gasteiger partial charge in [-0.25, -0.2) is 9.78 Å². The van der Waals surface area contributed by atoms with Crippen LogP contribution in [0.3, 0.4) is 0 Å². The Hall–Kier alpha value is -2.71. The predicted molar refractivity (Wildman–Crippen MR) is 112 cm³/mol. The third kappa shape index (κ3) is 4.18. The minimum Gasteiger partial charge on any atom is -0.465 e. The number of carbonyl (C=O) groups excluding carboxylic acids is 2. The first-order valence-electron chi connectivity index (χ1n) is 8.99. The molecule has 0 atom stereocenters. The first kappa shape index (κ1) is 21.0. The summed E-state index contributed by atoms with van der Waals surface area (Å²) >= 11 is 7.12.